The first kappa shape index (κ1) is 22.0. The van der Waals surface area contributed by atoms with Gasteiger partial charge in [0.15, 0.2) is 0 Å². The smallest absolute Gasteiger partial charge is 0.322 e. The lowest BCUT2D eigenvalue weighted by Crippen LogP contribution is -2.46. The molecule has 0 radical (unpaired) electrons. The molecule has 3 heterocycles. The number of nitrogens with zero attached hydrogens (tertiary/aromatic N) is 3. The molecule has 2 aromatic carbocycles. The Morgan fingerprint density at radius 1 is 1.12 bits per heavy atom. The predicted molar refractivity (Wildman–Crippen MR) is 129 cm³/mol. The topological polar surface area (TPSA) is 71.3 Å². The van der Waals surface area contributed by atoms with Gasteiger partial charge in [-0.15, -0.1) is 11.3 Å². The van der Waals surface area contributed by atoms with Gasteiger partial charge in [0.1, 0.15) is 5.82 Å². The Kier molecular flexibility index (Phi) is 5.98. The van der Waals surface area contributed by atoms with Crippen molar-refractivity contribution < 1.29 is 13.7 Å². The lowest BCUT2D eigenvalue weighted by molar-refractivity contribution is 0.205. The van der Waals surface area contributed by atoms with Crippen molar-refractivity contribution in [3.05, 3.63) is 99.5 Å². The highest BCUT2D eigenvalue weighted by Crippen LogP contribution is 2.37. The maximum absolute atomic E-state index is 13.6. The van der Waals surface area contributed by atoms with Crippen molar-refractivity contribution in [3.63, 3.8) is 0 Å². The Bertz CT molecular complexity index is 1350. The number of allylic oxidation sites excluding steroid dienone is 1. The van der Waals surface area contributed by atoms with Crippen molar-refractivity contribution in [2.45, 2.75) is 26.3 Å². The number of nitrogens with one attached hydrogen (secondary N) is 1. The zero-order valence-corrected chi connectivity index (χ0v) is 19.6. The van der Waals surface area contributed by atoms with Gasteiger partial charge in [0, 0.05) is 22.7 Å². The number of rotatable bonds is 6. The Morgan fingerprint density at radius 3 is 2.68 bits per heavy atom. The third-order valence-corrected chi connectivity index (χ3v) is 6.83. The van der Waals surface area contributed by atoms with Gasteiger partial charge in [0.05, 0.1) is 11.6 Å². The van der Waals surface area contributed by atoms with E-state index in [1.54, 1.807) is 28.4 Å². The zero-order valence-electron chi connectivity index (χ0n) is 18.8. The second-order valence-electron chi connectivity index (χ2n) is 8.21. The molecule has 6 nitrogen and oxygen atoms in total. The number of aryl methyl sites for hydroxylation is 1. The SMILES string of the molecule is CC1=C(c2nc(-c3cccc(C)c3)no2)C(c2ccc(F)cc2)NC(=O)N1CCc1cccs1. The van der Waals surface area contributed by atoms with Gasteiger partial charge in [-0.2, -0.15) is 4.98 Å². The minimum Gasteiger partial charge on any atom is -0.334 e. The van der Waals surface area contributed by atoms with Gasteiger partial charge < -0.3 is 9.84 Å². The summed E-state index contributed by atoms with van der Waals surface area (Å²) in [6, 6.07) is 17.2. The van der Waals surface area contributed by atoms with E-state index in [4.69, 9.17) is 4.52 Å². The van der Waals surface area contributed by atoms with Gasteiger partial charge in [0.25, 0.3) is 5.89 Å². The minimum atomic E-state index is -0.545. The summed E-state index contributed by atoms with van der Waals surface area (Å²) < 4.78 is 19.3. The van der Waals surface area contributed by atoms with Gasteiger partial charge >= 0.3 is 6.03 Å². The lowest BCUT2D eigenvalue weighted by Gasteiger charge is -2.35. The number of carbonyl (C=O) groups excluding carboxylic acids is 1. The number of thiophene rings is 1. The molecule has 0 spiro atoms. The number of hydrogen-bond donors (Lipinski definition) is 1. The van der Waals surface area contributed by atoms with Gasteiger partial charge in [-0.05, 0) is 55.5 Å². The van der Waals surface area contributed by atoms with Crippen LogP contribution in [0.4, 0.5) is 9.18 Å². The fourth-order valence-corrected chi connectivity index (χ4v) is 4.84. The lowest BCUT2D eigenvalue weighted by atomic mass is 9.94. The molecule has 5 rings (SSSR count). The van der Waals surface area contributed by atoms with Crippen LogP contribution in [0.5, 0.6) is 0 Å². The number of benzene rings is 2. The molecule has 2 amide bonds. The van der Waals surface area contributed by atoms with Crippen LogP contribution in [0, 0.1) is 12.7 Å². The molecule has 0 bridgehead atoms. The highest BCUT2D eigenvalue weighted by molar-refractivity contribution is 7.09. The van der Waals surface area contributed by atoms with Crippen LogP contribution >= 0.6 is 11.3 Å². The average molecular weight is 475 g/mol. The molecular weight excluding hydrogens is 451 g/mol. The Balaban J connectivity index is 1.56. The molecule has 0 saturated heterocycles. The maximum Gasteiger partial charge on any atom is 0.322 e. The Hall–Kier alpha value is -3.78. The van der Waals surface area contributed by atoms with Crippen molar-refractivity contribution in [2.75, 3.05) is 6.54 Å². The standard InChI is InChI=1S/C26H23FN4O2S/c1-16-5-3-6-19(15-16)24-29-25(33-30-24)22-17(2)31(13-12-21-7-4-14-34-21)26(32)28-23(22)18-8-10-20(27)11-9-18/h3-11,14-15,23H,12-13H2,1-2H3,(H,28,32). The first-order chi connectivity index (χ1) is 16.5. The fraction of sp³-hybridized carbons (Fsp3) is 0.192. The number of hydrogen-bond acceptors (Lipinski definition) is 5. The molecule has 1 aliphatic heterocycles. The number of halogens is 1. The number of carbonyl (C=O) groups is 1. The van der Waals surface area contributed by atoms with Crippen LogP contribution in [0.2, 0.25) is 0 Å². The summed E-state index contributed by atoms with van der Waals surface area (Å²) in [5.41, 5.74) is 4.10. The first-order valence-electron chi connectivity index (χ1n) is 11.0. The second kappa shape index (κ2) is 9.23. The maximum atomic E-state index is 13.6. The third kappa shape index (κ3) is 4.36. The van der Waals surface area contributed by atoms with Crippen molar-refractivity contribution >= 4 is 22.9 Å². The van der Waals surface area contributed by atoms with E-state index in [-0.39, 0.29) is 11.8 Å². The molecule has 8 heteroatoms. The predicted octanol–water partition coefficient (Wildman–Crippen LogP) is 5.99. The van der Waals surface area contributed by atoms with E-state index in [9.17, 15) is 9.18 Å². The second-order valence-corrected chi connectivity index (χ2v) is 9.24. The molecule has 2 aromatic heterocycles. The Morgan fingerprint density at radius 2 is 1.94 bits per heavy atom. The van der Waals surface area contributed by atoms with E-state index in [0.717, 1.165) is 28.8 Å². The number of aromatic nitrogens is 2. The summed E-state index contributed by atoms with van der Waals surface area (Å²) in [4.78, 5) is 20.7. The summed E-state index contributed by atoms with van der Waals surface area (Å²) in [5, 5.41) is 9.28. The summed E-state index contributed by atoms with van der Waals surface area (Å²) in [6.45, 7) is 4.40. The summed E-state index contributed by atoms with van der Waals surface area (Å²) in [7, 11) is 0. The number of amides is 2. The van der Waals surface area contributed by atoms with Crippen LogP contribution in [-0.4, -0.2) is 27.6 Å². The largest absolute Gasteiger partial charge is 0.334 e. The van der Waals surface area contributed by atoms with Crippen molar-refractivity contribution in [2.24, 2.45) is 0 Å². The normalized spacial score (nSPS) is 16.1. The molecule has 1 unspecified atom stereocenters. The van der Waals surface area contributed by atoms with Crippen LogP contribution in [0.15, 0.2) is 76.3 Å². The molecule has 4 aromatic rings. The molecule has 1 aliphatic rings. The van der Waals surface area contributed by atoms with Crippen molar-refractivity contribution in [1.82, 2.24) is 20.4 Å². The monoisotopic (exact) mass is 474 g/mol. The molecule has 172 valence electrons. The van der Waals surface area contributed by atoms with E-state index in [1.807, 2.05) is 49.6 Å². The summed E-state index contributed by atoms with van der Waals surface area (Å²) >= 11 is 1.66. The van der Waals surface area contributed by atoms with Gasteiger partial charge in [-0.25, -0.2) is 9.18 Å². The quantitative estimate of drug-likeness (QED) is 0.373. The molecule has 1 atom stereocenters. The van der Waals surface area contributed by atoms with E-state index < -0.39 is 6.04 Å². The van der Waals surface area contributed by atoms with Crippen LogP contribution < -0.4 is 5.32 Å². The molecular formula is C26H23FN4O2S. The van der Waals surface area contributed by atoms with Gasteiger partial charge in [-0.1, -0.05) is 47.1 Å². The fourth-order valence-electron chi connectivity index (χ4n) is 4.14. The third-order valence-electron chi connectivity index (χ3n) is 5.89. The average Bonchev–Trinajstić information content (AvgIpc) is 3.52. The molecule has 0 fully saturated rings. The van der Waals surface area contributed by atoms with Crippen LogP contribution in [-0.2, 0) is 6.42 Å². The van der Waals surface area contributed by atoms with Crippen molar-refractivity contribution in [1.29, 1.82) is 0 Å². The molecule has 1 N–H and O–H groups in total. The highest BCUT2D eigenvalue weighted by Gasteiger charge is 2.35. The summed E-state index contributed by atoms with van der Waals surface area (Å²) in [6.07, 6.45) is 0.731. The molecule has 34 heavy (non-hydrogen) atoms. The van der Waals surface area contributed by atoms with Gasteiger partial charge in [-0.3, -0.25) is 4.90 Å². The van der Waals surface area contributed by atoms with Crippen LogP contribution in [0.3, 0.4) is 0 Å². The first-order valence-corrected chi connectivity index (χ1v) is 11.9. The van der Waals surface area contributed by atoms with E-state index in [2.05, 4.69) is 21.5 Å². The number of urea groups is 1. The van der Waals surface area contributed by atoms with Crippen molar-refractivity contribution in [3.8, 4) is 11.4 Å². The molecule has 0 saturated carbocycles. The van der Waals surface area contributed by atoms with Crippen LogP contribution in [0.1, 0.15) is 34.9 Å². The van der Waals surface area contributed by atoms with E-state index in [1.165, 1.54) is 17.0 Å². The Labute approximate surface area is 200 Å². The van der Waals surface area contributed by atoms with Crippen LogP contribution in [0.25, 0.3) is 17.0 Å². The zero-order chi connectivity index (χ0) is 23.7. The van der Waals surface area contributed by atoms with E-state index in [0.29, 0.717) is 23.8 Å². The summed E-state index contributed by atoms with van der Waals surface area (Å²) in [5.74, 6) is 0.452. The highest BCUT2D eigenvalue weighted by atomic mass is 32.1. The van der Waals surface area contributed by atoms with E-state index >= 15 is 0 Å². The molecule has 0 aliphatic carbocycles. The van der Waals surface area contributed by atoms with Gasteiger partial charge in [0.2, 0.25) is 5.82 Å². The minimum absolute atomic E-state index is 0.217.